The SMILES string of the molecule is OC1(O)C=CC(N=Nc2ccccc2)=CC1. The Morgan fingerprint density at radius 3 is 2.44 bits per heavy atom. The van der Waals surface area contributed by atoms with E-state index < -0.39 is 5.79 Å². The smallest absolute Gasteiger partial charge is 0.186 e. The van der Waals surface area contributed by atoms with Gasteiger partial charge in [-0.25, -0.2) is 0 Å². The van der Waals surface area contributed by atoms with Crippen LogP contribution < -0.4 is 0 Å². The maximum absolute atomic E-state index is 9.23. The molecule has 16 heavy (non-hydrogen) atoms. The van der Waals surface area contributed by atoms with Crippen LogP contribution in [0.4, 0.5) is 5.69 Å². The lowest BCUT2D eigenvalue weighted by molar-refractivity contribution is -0.115. The summed E-state index contributed by atoms with van der Waals surface area (Å²) in [5, 5.41) is 26.5. The van der Waals surface area contributed by atoms with Gasteiger partial charge in [0.25, 0.3) is 0 Å². The van der Waals surface area contributed by atoms with E-state index >= 15 is 0 Å². The first-order valence-electron chi connectivity index (χ1n) is 4.97. The Labute approximate surface area is 93.3 Å². The number of allylic oxidation sites excluding steroid dienone is 1. The second kappa shape index (κ2) is 4.38. The van der Waals surface area contributed by atoms with Gasteiger partial charge < -0.3 is 10.2 Å². The quantitative estimate of drug-likeness (QED) is 0.588. The fourth-order valence-electron chi connectivity index (χ4n) is 1.29. The minimum atomic E-state index is -1.74. The monoisotopic (exact) mass is 216 g/mol. The average molecular weight is 216 g/mol. The molecule has 82 valence electrons. The van der Waals surface area contributed by atoms with Crippen LogP contribution in [0.2, 0.25) is 0 Å². The lowest BCUT2D eigenvalue weighted by Gasteiger charge is -2.17. The summed E-state index contributed by atoms with van der Waals surface area (Å²) in [4.78, 5) is 0. The van der Waals surface area contributed by atoms with Crippen LogP contribution in [-0.2, 0) is 0 Å². The number of aliphatic hydroxyl groups is 2. The molecule has 1 aromatic carbocycles. The fraction of sp³-hybridized carbons (Fsp3) is 0.167. The van der Waals surface area contributed by atoms with Crippen LogP contribution in [0.15, 0.2) is 64.5 Å². The lowest BCUT2D eigenvalue weighted by atomic mass is 10.1. The van der Waals surface area contributed by atoms with Gasteiger partial charge in [-0.15, -0.1) is 0 Å². The van der Waals surface area contributed by atoms with E-state index in [0.29, 0.717) is 5.70 Å². The molecule has 0 fully saturated rings. The van der Waals surface area contributed by atoms with Gasteiger partial charge in [0.15, 0.2) is 5.79 Å². The number of nitrogens with zero attached hydrogens (tertiary/aromatic N) is 2. The highest BCUT2D eigenvalue weighted by Crippen LogP contribution is 2.20. The van der Waals surface area contributed by atoms with Crippen molar-refractivity contribution in [3.8, 4) is 0 Å². The molecule has 0 aliphatic heterocycles. The summed E-state index contributed by atoms with van der Waals surface area (Å²) in [6.07, 6.45) is 4.60. The minimum Gasteiger partial charge on any atom is -0.362 e. The summed E-state index contributed by atoms with van der Waals surface area (Å²) in [5.74, 6) is -1.74. The van der Waals surface area contributed by atoms with Crippen LogP contribution >= 0.6 is 0 Å². The zero-order chi connectivity index (χ0) is 11.4. The molecule has 0 heterocycles. The maximum atomic E-state index is 9.23. The normalized spacial score (nSPS) is 18.8. The van der Waals surface area contributed by atoms with Crippen LogP contribution in [0, 0.1) is 0 Å². The van der Waals surface area contributed by atoms with E-state index in [0.717, 1.165) is 5.69 Å². The molecule has 0 aromatic heterocycles. The van der Waals surface area contributed by atoms with Crippen molar-refractivity contribution in [1.29, 1.82) is 0 Å². The van der Waals surface area contributed by atoms with Crippen LogP contribution in [0.5, 0.6) is 0 Å². The van der Waals surface area contributed by atoms with Crippen molar-refractivity contribution < 1.29 is 10.2 Å². The molecule has 1 aromatic rings. The Morgan fingerprint density at radius 1 is 1.06 bits per heavy atom. The van der Waals surface area contributed by atoms with Crippen molar-refractivity contribution >= 4 is 5.69 Å². The van der Waals surface area contributed by atoms with Crippen molar-refractivity contribution in [3.05, 3.63) is 54.3 Å². The highest BCUT2D eigenvalue weighted by molar-refractivity contribution is 5.35. The molecule has 0 radical (unpaired) electrons. The molecule has 4 heteroatoms. The van der Waals surface area contributed by atoms with Crippen molar-refractivity contribution in [2.24, 2.45) is 10.2 Å². The first-order chi connectivity index (χ1) is 7.66. The molecular formula is C12H12N2O2. The molecule has 0 bridgehead atoms. The molecule has 0 amide bonds. The average Bonchev–Trinajstić information content (AvgIpc) is 2.29. The first-order valence-corrected chi connectivity index (χ1v) is 4.97. The Kier molecular flexibility index (Phi) is 2.94. The molecule has 0 saturated heterocycles. The molecule has 2 N–H and O–H groups in total. The number of hydrogen-bond acceptors (Lipinski definition) is 4. The van der Waals surface area contributed by atoms with E-state index in [-0.39, 0.29) is 6.42 Å². The topological polar surface area (TPSA) is 65.2 Å². The molecule has 0 unspecified atom stereocenters. The zero-order valence-corrected chi connectivity index (χ0v) is 8.61. The van der Waals surface area contributed by atoms with Gasteiger partial charge in [0.05, 0.1) is 11.4 Å². The second-order valence-electron chi connectivity index (χ2n) is 3.58. The highest BCUT2D eigenvalue weighted by Gasteiger charge is 2.20. The molecule has 0 atom stereocenters. The van der Waals surface area contributed by atoms with Gasteiger partial charge in [-0.2, -0.15) is 10.2 Å². The van der Waals surface area contributed by atoms with Gasteiger partial charge in [-0.3, -0.25) is 0 Å². The molecule has 1 aliphatic carbocycles. The molecule has 0 spiro atoms. The molecule has 2 rings (SSSR count). The molecule has 1 aliphatic rings. The number of azo groups is 1. The zero-order valence-electron chi connectivity index (χ0n) is 8.61. The van der Waals surface area contributed by atoms with E-state index in [2.05, 4.69) is 10.2 Å². The third kappa shape index (κ3) is 2.85. The Morgan fingerprint density at radius 2 is 1.81 bits per heavy atom. The number of benzene rings is 1. The van der Waals surface area contributed by atoms with E-state index in [1.807, 2.05) is 30.3 Å². The largest absolute Gasteiger partial charge is 0.362 e. The third-order valence-electron chi connectivity index (χ3n) is 2.17. The van der Waals surface area contributed by atoms with Gasteiger partial charge in [0, 0.05) is 6.42 Å². The van der Waals surface area contributed by atoms with Gasteiger partial charge in [-0.1, -0.05) is 24.3 Å². The van der Waals surface area contributed by atoms with E-state index in [1.165, 1.54) is 12.2 Å². The van der Waals surface area contributed by atoms with E-state index in [9.17, 15) is 10.2 Å². The predicted molar refractivity (Wildman–Crippen MR) is 60.0 cm³/mol. The van der Waals surface area contributed by atoms with Gasteiger partial charge in [0.1, 0.15) is 0 Å². The van der Waals surface area contributed by atoms with Crippen molar-refractivity contribution in [3.63, 3.8) is 0 Å². The van der Waals surface area contributed by atoms with Crippen LogP contribution in [0.3, 0.4) is 0 Å². The van der Waals surface area contributed by atoms with Crippen molar-refractivity contribution in [2.75, 3.05) is 0 Å². The Hall–Kier alpha value is -1.78. The van der Waals surface area contributed by atoms with Crippen LogP contribution in [0.25, 0.3) is 0 Å². The van der Waals surface area contributed by atoms with Gasteiger partial charge in [-0.05, 0) is 24.3 Å². The highest BCUT2D eigenvalue weighted by atomic mass is 16.5. The number of rotatable bonds is 2. The molecular weight excluding hydrogens is 204 g/mol. The van der Waals surface area contributed by atoms with Crippen molar-refractivity contribution in [1.82, 2.24) is 0 Å². The third-order valence-corrected chi connectivity index (χ3v) is 2.17. The van der Waals surface area contributed by atoms with E-state index in [4.69, 9.17) is 0 Å². The summed E-state index contributed by atoms with van der Waals surface area (Å²) in [6.45, 7) is 0. The summed E-state index contributed by atoms with van der Waals surface area (Å²) < 4.78 is 0. The summed E-state index contributed by atoms with van der Waals surface area (Å²) >= 11 is 0. The first kappa shape index (κ1) is 10.7. The lowest BCUT2D eigenvalue weighted by Crippen LogP contribution is -2.25. The molecule has 0 saturated carbocycles. The summed E-state index contributed by atoms with van der Waals surface area (Å²) in [7, 11) is 0. The van der Waals surface area contributed by atoms with Crippen LogP contribution in [0.1, 0.15) is 6.42 Å². The second-order valence-corrected chi connectivity index (χ2v) is 3.58. The minimum absolute atomic E-state index is 0.132. The Balaban J connectivity index is 2.05. The van der Waals surface area contributed by atoms with Crippen LogP contribution in [-0.4, -0.2) is 16.0 Å². The number of hydrogen-bond donors (Lipinski definition) is 2. The van der Waals surface area contributed by atoms with E-state index in [1.54, 1.807) is 6.08 Å². The maximum Gasteiger partial charge on any atom is 0.186 e. The Bertz CT molecular complexity index is 447. The summed E-state index contributed by atoms with van der Waals surface area (Å²) in [6, 6.07) is 9.36. The van der Waals surface area contributed by atoms with Gasteiger partial charge in [0.2, 0.25) is 0 Å². The van der Waals surface area contributed by atoms with Crippen molar-refractivity contribution in [2.45, 2.75) is 12.2 Å². The molecule has 4 nitrogen and oxygen atoms in total. The van der Waals surface area contributed by atoms with Gasteiger partial charge >= 0.3 is 0 Å². The predicted octanol–water partition coefficient (Wildman–Crippen LogP) is 2.29. The summed E-state index contributed by atoms with van der Waals surface area (Å²) in [5.41, 5.74) is 1.39. The standard InChI is InChI=1S/C12H12N2O2/c15-12(16)8-6-11(7-9-12)14-13-10-4-2-1-3-5-10/h1-8,15-16H,9H2. The fourth-order valence-corrected chi connectivity index (χ4v) is 1.29.